The molecule has 1 atom stereocenters. The van der Waals surface area contributed by atoms with E-state index in [0.29, 0.717) is 6.04 Å². The highest BCUT2D eigenvalue weighted by Gasteiger charge is 2.25. The smallest absolute Gasteiger partial charge is 0.137 e. The maximum absolute atomic E-state index is 4.69. The summed E-state index contributed by atoms with van der Waals surface area (Å²) in [5.74, 6) is 0. The van der Waals surface area contributed by atoms with Gasteiger partial charge in [0.05, 0.1) is 11.9 Å². The Labute approximate surface area is 162 Å². The normalized spacial score (nSPS) is 15.8. The van der Waals surface area contributed by atoms with E-state index in [4.69, 9.17) is 4.98 Å². The minimum absolute atomic E-state index is 0.176. The highest BCUT2D eigenvalue weighted by molar-refractivity contribution is 5.68. The lowest BCUT2D eigenvalue weighted by Gasteiger charge is -2.33. The fourth-order valence-corrected chi connectivity index (χ4v) is 4.43. The van der Waals surface area contributed by atoms with Gasteiger partial charge in [0.15, 0.2) is 0 Å². The minimum Gasteiger partial charge on any atom is -0.339 e. The average Bonchev–Trinajstić information content (AvgIpc) is 3.02. The third-order valence-corrected chi connectivity index (χ3v) is 5.62. The second-order valence-electron chi connectivity index (χ2n) is 8.77. The molecule has 4 nitrogen and oxygen atoms in total. The summed E-state index contributed by atoms with van der Waals surface area (Å²) in [6, 6.07) is 11.5. The van der Waals surface area contributed by atoms with E-state index in [-0.39, 0.29) is 5.41 Å². The summed E-state index contributed by atoms with van der Waals surface area (Å²) in [6.45, 7) is 10.00. The molecule has 3 heterocycles. The van der Waals surface area contributed by atoms with E-state index in [1.807, 2.05) is 13.2 Å². The molecule has 0 spiro atoms. The average molecular weight is 363 g/mol. The summed E-state index contributed by atoms with van der Waals surface area (Å²) in [6.07, 6.45) is 6.51. The highest BCUT2D eigenvalue weighted by atomic mass is 15.2. The van der Waals surface area contributed by atoms with E-state index in [1.165, 1.54) is 28.2 Å². The molecule has 2 aromatic heterocycles. The van der Waals surface area contributed by atoms with Gasteiger partial charge in [0.25, 0.3) is 0 Å². The molecule has 0 unspecified atom stereocenters. The summed E-state index contributed by atoms with van der Waals surface area (Å²) in [7, 11) is 2.04. The van der Waals surface area contributed by atoms with Gasteiger partial charge < -0.3 is 14.6 Å². The molecule has 4 rings (SSSR count). The van der Waals surface area contributed by atoms with Crippen molar-refractivity contribution in [1.29, 1.82) is 0 Å². The van der Waals surface area contributed by atoms with Crippen LogP contribution in [0.4, 0.5) is 11.4 Å². The fraction of sp³-hybridized carbons (Fsp3) is 0.435. The Kier molecular flexibility index (Phi) is 4.47. The van der Waals surface area contributed by atoms with Crippen LogP contribution in [-0.4, -0.2) is 23.0 Å². The first-order valence-corrected chi connectivity index (χ1v) is 9.90. The van der Waals surface area contributed by atoms with Crippen molar-refractivity contribution in [2.24, 2.45) is 5.41 Å². The fourth-order valence-electron chi connectivity index (χ4n) is 4.43. The van der Waals surface area contributed by atoms with Gasteiger partial charge >= 0.3 is 0 Å². The van der Waals surface area contributed by atoms with Gasteiger partial charge in [-0.1, -0.05) is 32.9 Å². The Bertz CT molecular complexity index is 947. The molecule has 4 heteroatoms. The van der Waals surface area contributed by atoms with Crippen molar-refractivity contribution in [2.75, 3.05) is 18.5 Å². The Balaban J connectivity index is 1.70. The van der Waals surface area contributed by atoms with Crippen LogP contribution in [0, 0.1) is 12.3 Å². The first kappa shape index (κ1) is 18.1. The number of aryl methyl sites for hydroxylation is 2. The molecule has 1 aliphatic heterocycles. The Morgan fingerprint density at radius 3 is 2.56 bits per heavy atom. The van der Waals surface area contributed by atoms with Gasteiger partial charge in [-0.15, -0.1) is 0 Å². The molecule has 142 valence electrons. The summed E-state index contributed by atoms with van der Waals surface area (Å²) >= 11 is 0. The second kappa shape index (κ2) is 6.68. The lowest BCUT2D eigenvalue weighted by Crippen LogP contribution is -2.30. The summed E-state index contributed by atoms with van der Waals surface area (Å²) in [5, 5.41) is 3.47. The molecule has 1 aliphatic rings. The number of hydrogen-bond donors (Lipinski definition) is 1. The largest absolute Gasteiger partial charge is 0.339 e. The van der Waals surface area contributed by atoms with E-state index in [0.717, 1.165) is 25.0 Å². The van der Waals surface area contributed by atoms with Crippen LogP contribution in [0.15, 0.2) is 42.7 Å². The molecule has 0 bridgehead atoms. The van der Waals surface area contributed by atoms with Crippen LogP contribution in [0.5, 0.6) is 0 Å². The first-order chi connectivity index (χ1) is 12.9. The number of hydrogen-bond acceptors (Lipinski definition) is 3. The van der Waals surface area contributed by atoms with Crippen molar-refractivity contribution < 1.29 is 0 Å². The second-order valence-corrected chi connectivity index (χ2v) is 8.77. The molecule has 0 fully saturated rings. The number of aromatic nitrogens is 2. The molecule has 0 radical (unpaired) electrons. The SMILES string of the molecule is CN[C@@H](c1ccc(N2CCCc3c2cnc2cc(C)cn32)cc1)C(C)(C)C. The zero-order chi connectivity index (χ0) is 19.2. The summed E-state index contributed by atoms with van der Waals surface area (Å²) < 4.78 is 2.27. The predicted molar refractivity (Wildman–Crippen MR) is 113 cm³/mol. The lowest BCUT2D eigenvalue weighted by molar-refractivity contribution is 0.287. The Hall–Kier alpha value is -2.33. The summed E-state index contributed by atoms with van der Waals surface area (Å²) in [5.41, 5.74) is 7.66. The maximum atomic E-state index is 4.69. The van der Waals surface area contributed by atoms with Crippen molar-refractivity contribution in [1.82, 2.24) is 14.7 Å². The maximum Gasteiger partial charge on any atom is 0.137 e. The van der Waals surface area contributed by atoms with Gasteiger partial charge in [0.1, 0.15) is 5.65 Å². The van der Waals surface area contributed by atoms with Crippen LogP contribution < -0.4 is 10.2 Å². The Morgan fingerprint density at radius 1 is 1.15 bits per heavy atom. The van der Waals surface area contributed by atoms with E-state index >= 15 is 0 Å². The molecule has 0 amide bonds. The van der Waals surface area contributed by atoms with E-state index in [9.17, 15) is 0 Å². The quantitative estimate of drug-likeness (QED) is 0.709. The Morgan fingerprint density at radius 2 is 1.89 bits per heavy atom. The molecule has 0 saturated heterocycles. The van der Waals surface area contributed by atoms with Gasteiger partial charge in [0.2, 0.25) is 0 Å². The molecule has 1 N–H and O–H groups in total. The third kappa shape index (κ3) is 3.23. The highest BCUT2D eigenvalue weighted by Crippen LogP contribution is 2.36. The first-order valence-electron chi connectivity index (χ1n) is 9.90. The van der Waals surface area contributed by atoms with Gasteiger partial charge in [-0.2, -0.15) is 0 Å². The van der Waals surface area contributed by atoms with Gasteiger partial charge in [-0.05, 0) is 61.6 Å². The van der Waals surface area contributed by atoms with Crippen LogP contribution in [0.1, 0.15) is 50.1 Å². The monoisotopic (exact) mass is 362 g/mol. The number of nitrogens with one attached hydrogen (secondary N) is 1. The van der Waals surface area contributed by atoms with E-state index in [1.54, 1.807) is 0 Å². The number of anilines is 2. The van der Waals surface area contributed by atoms with Gasteiger partial charge in [-0.3, -0.25) is 0 Å². The van der Waals surface area contributed by atoms with Gasteiger partial charge in [0, 0.05) is 30.2 Å². The topological polar surface area (TPSA) is 32.6 Å². The molecule has 1 aromatic carbocycles. The zero-order valence-electron chi connectivity index (χ0n) is 17.1. The lowest BCUT2D eigenvalue weighted by atomic mass is 9.82. The van der Waals surface area contributed by atoms with Gasteiger partial charge in [-0.25, -0.2) is 4.98 Å². The molecule has 0 saturated carbocycles. The van der Waals surface area contributed by atoms with E-state index < -0.39 is 0 Å². The molecule has 0 aliphatic carbocycles. The van der Waals surface area contributed by atoms with Crippen LogP contribution in [-0.2, 0) is 6.42 Å². The van der Waals surface area contributed by atoms with Crippen LogP contribution in [0.25, 0.3) is 5.65 Å². The van der Waals surface area contributed by atoms with Crippen molar-refractivity contribution >= 4 is 17.0 Å². The standard InChI is InChI=1S/C23H30N4/c1-16-13-21-25-14-20-19(27(21)15-16)7-6-12-26(20)18-10-8-17(9-11-18)22(24-5)23(2,3)4/h8-11,13-15,22,24H,6-7,12H2,1-5H3/t22-/m0/s1. The van der Waals surface area contributed by atoms with Crippen molar-refractivity contribution in [3.05, 3.63) is 59.5 Å². The van der Waals surface area contributed by atoms with Crippen molar-refractivity contribution in [3.8, 4) is 0 Å². The number of benzene rings is 1. The van der Waals surface area contributed by atoms with Crippen LogP contribution in [0.2, 0.25) is 0 Å². The number of rotatable bonds is 3. The molecular weight excluding hydrogens is 332 g/mol. The predicted octanol–water partition coefficient (Wildman–Crippen LogP) is 5.03. The molecule has 27 heavy (non-hydrogen) atoms. The number of fused-ring (bicyclic) bond motifs is 3. The van der Waals surface area contributed by atoms with Crippen molar-refractivity contribution in [2.45, 2.75) is 46.6 Å². The zero-order valence-corrected chi connectivity index (χ0v) is 17.1. The number of nitrogens with zero attached hydrogens (tertiary/aromatic N) is 3. The van der Waals surface area contributed by atoms with E-state index in [2.05, 4.69) is 78.8 Å². The summed E-state index contributed by atoms with van der Waals surface area (Å²) in [4.78, 5) is 7.11. The minimum atomic E-state index is 0.176. The van der Waals surface area contributed by atoms with Crippen molar-refractivity contribution in [3.63, 3.8) is 0 Å². The molecule has 3 aromatic rings. The third-order valence-electron chi connectivity index (χ3n) is 5.62. The van der Waals surface area contributed by atoms with Crippen LogP contribution >= 0.6 is 0 Å². The molecular formula is C23H30N4. The van der Waals surface area contributed by atoms with Crippen LogP contribution in [0.3, 0.4) is 0 Å².